The summed E-state index contributed by atoms with van der Waals surface area (Å²) in [4.78, 5) is 28.5. The number of esters is 1. The van der Waals surface area contributed by atoms with Crippen molar-refractivity contribution < 1.29 is 32.9 Å². The van der Waals surface area contributed by atoms with Crippen LogP contribution >= 0.6 is 0 Å². The highest BCUT2D eigenvalue weighted by atomic mass is 19.1. The lowest BCUT2D eigenvalue weighted by Gasteiger charge is -2.14. The monoisotopic (exact) mass is 414 g/mol. The molecule has 3 aromatic rings. The summed E-state index contributed by atoms with van der Waals surface area (Å²) in [6, 6.07) is 10.3. The zero-order valence-electron chi connectivity index (χ0n) is 16.5. The van der Waals surface area contributed by atoms with Gasteiger partial charge in [-0.3, -0.25) is 4.79 Å². The number of rotatable bonds is 7. The van der Waals surface area contributed by atoms with Gasteiger partial charge in [-0.25, -0.2) is 14.2 Å². The van der Waals surface area contributed by atoms with Gasteiger partial charge in [0.25, 0.3) is 5.91 Å². The van der Waals surface area contributed by atoms with Crippen LogP contribution < -0.4 is 19.5 Å². The third-order valence-corrected chi connectivity index (χ3v) is 4.18. The topological polar surface area (TPSA) is 96.0 Å². The number of halogens is 1. The smallest absolute Gasteiger partial charge is 0.356 e. The molecule has 1 N–H and O–H groups in total. The molecule has 0 atom stereocenters. The Bertz CT molecular complexity index is 1100. The number of fused-ring (bicyclic) bond motifs is 1. The summed E-state index contributed by atoms with van der Waals surface area (Å²) in [5, 5.41) is 2.91. The summed E-state index contributed by atoms with van der Waals surface area (Å²) in [6.45, 7) is -0.428. The van der Waals surface area contributed by atoms with Crippen LogP contribution in [0, 0.1) is 5.82 Å². The average molecular weight is 414 g/mol. The number of anilines is 1. The number of methoxy groups -OCH3 is 3. The molecule has 0 bridgehead atoms. The molecule has 0 saturated heterocycles. The van der Waals surface area contributed by atoms with E-state index in [2.05, 4.69) is 10.3 Å². The van der Waals surface area contributed by atoms with Crippen molar-refractivity contribution in [2.24, 2.45) is 0 Å². The molecule has 0 unspecified atom stereocenters. The zero-order valence-corrected chi connectivity index (χ0v) is 16.5. The number of benzene rings is 2. The molecule has 1 aromatic heterocycles. The number of nitrogens with zero attached hydrogens (tertiary/aromatic N) is 1. The fraction of sp³-hybridized carbons (Fsp3) is 0.190. The first-order chi connectivity index (χ1) is 14.5. The number of aromatic nitrogens is 1. The van der Waals surface area contributed by atoms with Crippen molar-refractivity contribution in [2.75, 3.05) is 33.3 Å². The molecule has 0 saturated carbocycles. The third-order valence-electron chi connectivity index (χ3n) is 4.18. The van der Waals surface area contributed by atoms with Crippen molar-refractivity contribution in [1.29, 1.82) is 0 Å². The molecule has 1 heterocycles. The Kier molecular flexibility index (Phi) is 6.31. The maximum atomic E-state index is 13.7. The molecule has 30 heavy (non-hydrogen) atoms. The van der Waals surface area contributed by atoms with E-state index in [1.165, 1.54) is 45.6 Å². The zero-order chi connectivity index (χ0) is 21.7. The summed E-state index contributed by atoms with van der Waals surface area (Å²) in [7, 11) is 4.17. The fourth-order valence-corrected chi connectivity index (χ4v) is 2.74. The molecule has 9 heteroatoms. The molecule has 0 aliphatic rings. The molecule has 0 spiro atoms. The minimum atomic E-state index is -0.674. The van der Waals surface area contributed by atoms with E-state index in [0.29, 0.717) is 22.4 Å². The number of amides is 1. The van der Waals surface area contributed by atoms with E-state index in [9.17, 15) is 14.0 Å². The number of hydrogen-bond donors (Lipinski definition) is 1. The van der Waals surface area contributed by atoms with E-state index in [1.807, 2.05) is 0 Å². The van der Waals surface area contributed by atoms with Gasteiger partial charge in [0.05, 0.1) is 32.5 Å². The maximum Gasteiger partial charge on any atom is 0.356 e. The second-order valence-corrected chi connectivity index (χ2v) is 6.04. The van der Waals surface area contributed by atoms with Crippen molar-refractivity contribution >= 4 is 28.5 Å². The first-order valence-electron chi connectivity index (χ1n) is 8.79. The van der Waals surface area contributed by atoms with Crippen molar-refractivity contribution in [3.8, 4) is 17.2 Å². The molecule has 0 fully saturated rings. The number of para-hydroxylation sites is 1. The molecule has 0 radical (unpaired) electrons. The number of carbonyl (C=O) groups excluding carboxylic acids is 2. The largest absolute Gasteiger partial charge is 0.493 e. The second-order valence-electron chi connectivity index (χ2n) is 6.04. The van der Waals surface area contributed by atoms with Gasteiger partial charge in [-0.05, 0) is 18.2 Å². The van der Waals surface area contributed by atoms with Crippen LogP contribution in [-0.4, -0.2) is 44.8 Å². The Morgan fingerprint density at radius 2 is 1.70 bits per heavy atom. The van der Waals surface area contributed by atoms with E-state index < -0.39 is 24.3 Å². The highest BCUT2D eigenvalue weighted by Gasteiger charge is 2.17. The molecule has 3 rings (SSSR count). The minimum Gasteiger partial charge on any atom is -0.493 e. The molecule has 2 aromatic carbocycles. The molecule has 0 aliphatic heterocycles. The normalized spacial score (nSPS) is 10.4. The second kappa shape index (κ2) is 9.08. The molecular weight excluding hydrogens is 395 g/mol. The summed E-state index contributed by atoms with van der Waals surface area (Å²) in [5.74, 6) is -0.798. The van der Waals surface area contributed by atoms with Crippen LogP contribution in [-0.2, 0) is 9.53 Å². The minimum absolute atomic E-state index is 0.0123. The van der Waals surface area contributed by atoms with Gasteiger partial charge < -0.3 is 24.3 Å². The van der Waals surface area contributed by atoms with Gasteiger partial charge in [0.15, 0.2) is 23.8 Å². The molecule has 156 valence electrons. The van der Waals surface area contributed by atoms with Crippen molar-refractivity contribution in [3.05, 3.63) is 54.0 Å². The summed E-state index contributed by atoms with van der Waals surface area (Å²) >= 11 is 0. The lowest BCUT2D eigenvalue weighted by molar-refractivity contribution is -0.118. The highest BCUT2D eigenvalue weighted by molar-refractivity contribution is 5.96. The number of nitrogens with one attached hydrogen (secondary N) is 1. The molecular formula is C21H19FN2O6. The molecule has 0 aliphatic carbocycles. The average Bonchev–Trinajstić information content (AvgIpc) is 2.77. The van der Waals surface area contributed by atoms with Gasteiger partial charge >= 0.3 is 5.97 Å². The lowest BCUT2D eigenvalue weighted by atomic mass is 10.1. The summed E-state index contributed by atoms with van der Waals surface area (Å²) in [6.07, 6.45) is 0. The van der Waals surface area contributed by atoms with Gasteiger partial charge in [-0.2, -0.15) is 0 Å². The van der Waals surface area contributed by atoms with Crippen molar-refractivity contribution in [1.82, 2.24) is 4.98 Å². The Hall–Kier alpha value is -3.88. The van der Waals surface area contributed by atoms with Gasteiger partial charge in [0, 0.05) is 17.5 Å². The molecule has 1 amide bonds. The predicted octanol–water partition coefficient (Wildman–Crippen LogP) is 3.20. The lowest BCUT2D eigenvalue weighted by Crippen LogP contribution is -2.21. The van der Waals surface area contributed by atoms with Crippen LogP contribution in [0.25, 0.3) is 10.9 Å². The van der Waals surface area contributed by atoms with E-state index >= 15 is 0 Å². The van der Waals surface area contributed by atoms with E-state index in [-0.39, 0.29) is 17.1 Å². The Balaban J connectivity index is 1.93. The van der Waals surface area contributed by atoms with Crippen LogP contribution in [0.5, 0.6) is 17.2 Å². The predicted molar refractivity (Wildman–Crippen MR) is 107 cm³/mol. The quantitative estimate of drug-likeness (QED) is 0.593. The van der Waals surface area contributed by atoms with Crippen LogP contribution in [0.15, 0.2) is 42.5 Å². The first-order valence-corrected chi connectivity index (χ1v) is 8.79. The maximum absolute atomic E-state index is 13.7. The third kappa shape index (κ3) is 4.40. The van der Waals surface area contributed by atoms with E-state index in [0.717, 1.165) is 0 Å². The summed E-state index contributed by atoms with van der Waals surface area (Å²) < 4.78 is 34.6. The Morgan fingerprint density at radius 1 is 1.00 bits per heavy atom. The van der Waals surface area contributed by atoms with E-state index in [1.54, 1.807) is 18.2 Å². The van der Waals surface area contributed by atoms with Crippen LogP contribution in [0.2, 0.25) is 0 Å². The Morgan fingerprint density at radius 3 is 2.37 bits per heavy atom. The van der Waals surface area contributed by atoms with Gasteiger partial charge in [-0.15, -0.1) is 0 Å². The fourth-order valence-electron chi connectivity index (χ4n) is 2.74. The van der Waals surface area contributed by atoms with Gasteiger partial charge in [0.1, 0.15) is 11.6 Å². The van der Waals surface area contributed by atoms with Gasteiger partial charge in [-0.1, -0.05) is 12.1 Å². The van der Waals surface area contributed by atoms with E-state index in [4.69, 9.17) is 18.9 Å². The number of hydrogen-bond acceptors (Lipinski definition) is 7. The number of ether oxygens (including phenoxy) is 4. The standard InChI is InChI=1S/C21H19FN2O6/c1-27-18-8-12-15(9-19(18)28-2)23-16(21(26)29-3)10-17(12)30-11-20(25)24-14-7-5-4-6-13(14)22/h4-10H,11H2,1-3H3,(H,24,25). The SMILES string of the molecule is COC(=O)c1cc(OCC(=O)Nc2ccccc2F)c2cc(OC)c(OC)cc2n1. The number of carbonyl (C=O) groups is 2. The van der Waals surface area contributed by atoms with Crippen LogP contribution in [0.3, 0.4) is 0 Å². The van der Waals surface area contributed by atoms with Crippen molar-refractivity contribution in [2.45, 2.75) is 0 Å². The first kappa shape index (κ1) is 20.8. The number of pyridine rings is 1. The summed E-state index contributed by atoms with van der Waals surface area (Å²) in [5.41, 5.74) is 0.397. The van der Waals surface area contributed by atoms with Crippen molar-refractivity contribution in [3.63, 3.8) is 0 Å². The van der Waals surface area contributed by atoms with Gasteiger partial charge in [0.2, 0.25) is 0 Å². The van der Waals surface area contributed by atoms with Crippen LogP contribution in [0.1, 0.15) is 10.5 Å². The van der Waals surface area contributed by atoms with Crippen LogP contribution in [0.4, 0.5) is 10.1 Å². The Labute approximate surface area is 171 Å². The molecule has 8 nitrogen and oxygen atoms in total. The highest BCUT2D eigenvalue weighted by Crippen LogP contribution is 2.36.